The molecule has 1 aliphatic heterocycles. The number of nitrogens with one attached hydrogen (secondary N) is 1. The molecular weight excluding hydrogens is 378 g/mol. The first-order valence-electron chi connectivity index (χ1n) is 9.65. The molecule has 6 atom stereocenters. The zero-order valence-corrected chi connectivity index (χ0v) is 17.1. The number of carbonyl (C=O) groups excluding carboxylic acids is 3. The van der Waals surface area contributed by atoms with Crippen LogP contribution in [0.1, 0.15) is 33.3 Å². The summed E-state index contributed by atoms with van der Waals surface area (Å²) in [6.07, 6.45) is 0.0700. The molecule has 1 amide bonds. The van der Waals surface area contributed by atoms with E-state index in [2.05, 4.69) is 10.3 Å². The second-order valence-electron chi connectivity index (χ2n) is 7.73. The number of cyclic esters (lactones) is 2. The number of nitrogens with zero attached hydrogens (tertiary/aromatic N) is 1. The van der Waals surface area contributed by atoms with Crippen molar-refractivity contribution in [1.29, 1.82) is 0 Å². The third kappa shape index (κ3) is 5.74. The van der Waals surface area contributed by atoms with Crippen LogP contribution in [0.5, 0.6) is 0 Å². The van der Waals surface area contributed by atoms with Crippen LogP contribution in [0.25, 0.3) is 0 Å². The van der Waals surface area contributed by atoms with E-state index in [0.717, 1.165) is 5.56 Å². The van der Waals surface area contributed by atoms with Gasteiger partial charge in [-0.2, -0.15) is 0 Å². The summed E-state index contributed by atoms with van der Waals surface area (Å²) in [5.41, 5.74) is 6.72. The van der Waals surface area contributed by atoms with Gasteiger partial charge in [0.2, 0.25) is 12.0 Å². The van der Waals surface area contributed by atoms with E-state index in [4.69, 9.17) is 15.2 Å². The van der Waals surface area contributed by atoms with E-state index in [0.29, 0.717) is 0 Å². The molecule has 0 saturated carbocycles. The molecule has 4 N–H and O–H groups in total. The fourth-order valence-corrected chi connectivity index (χ4v) is 3.02. The van der Waals surface area contributed by atoms with Gasteiger partial charge in [0.25, 0.3) is 0 Å². The van der Waals surface area contributed by atoms with E-state index in [1.165, 1.54) is 13.8 Å². The van der Waals surface area contributed by atoms with Gasteiger partial charge in [0, 0.05) is 18.3 Å². The van der Waals surface area contributed by atoms with Gasteiger partial charge in [-0.05, 0) is 31.9 Å². The second-order valence-corrected chi connectivity index (χ2v) is 7.73. The fraction of sp³-hybridized carbons (Fsp3) is 0.600. The number of esters is 2. The van der Waals surface area contributed by atoms with Gasteiger partial charge in [-0.3, -0.25) is 14.6 Å². The van der Waals surface area contributed by atoms with Crippen molar-refractivity contribution in [2.75, 3.05) is 0 Å². The van der Waals surface area contributed by atoms with Crippen LogP contribution in [0.2, 0.25) is 0 Å². The minimum atomic E-state index is -1.27. The Morgan fingerprint density at radius 2 is 1.90 bits per heavy atom. The summed E-state index contributed by atoms with van der Waals surface area (Å²) in [5, 5.41) is 13.5. The minimum Gasteiger partial charge on any atom is -0.458 e. The number of nitrogens with two attached hydrogens (primary N) is 1. The van der Waals surface area contributed by atoms with Crippen LogP contribution in [-0.4, -0.2) is 58.3 Å². The van der Waals surface area contributed by atoms with E-state index in [-0.39, 0.29) is 12.3 Å². The number of rotatable bonds is 3. The number of aromatic nitrogens is 1. The van der Waals surface area contributed by atoms with Crippen LogP contribution in [0, 0.1) is 11.8 Å². The molecule has 160 valence electrons. The van der Waals surface area contributed by atoms with Gasteiger partial charge in [0.1, 0.15) is 12.1 Å². The molecule has 0 radical (unpaired) electrons. The Labute approximate surface area is 170 Å². The number of aliphatic hydroxyl groups excluding tert-OH is 1. The average Bonchev–Trinajstić information content (AvgIpc) is 2.69. The molecular formula is C20H29N3O6. The Morgan fingerprint density at radius 3 is 2.48 bits per heavy atom. The van der Waals surface area contributed by atoms with Crippen LogP contribution in [0.15, 0.2) is 24.5 Å². The van der Waals surface area contributed by atoms with Gasteiger partial charge in [-0.25, -0.2) is 4.79 Å². The molecule has 1 fully saturated rings. The summed E-state index contributed by atoms with van der Waals surface area (Å²) < 4.78 is 10.6. The second kappa shape index (κ2) is 9.80. The largest absolute Gasteiger partial charge is 0.458 e. The van der Waals surface area contributed by atoms with Gasteiger partial charge in [0.15, 0.2) is 0 Å². The van der Waals surface area contributed by atoms with Crippen molar-refractivity contribution in [1.82, 2.24) is 10.3 Å². The molecule has 0 spiro atoms. The highest BCUT2D eigenvalue weighted by molar-refractivity contribution is 5.85. The molecule has 0 unspecified atom stereocenters. The molecule has 9 nitrogen and oxygen atoms in total. The Balaban J connectivity index is 2.35. The predicted octanol–water partition coefficient (Wildman–Crippen LogP) is -0.0537. The van der Waals surface area contributed by atoms with Crippen molar-refractivity contribution >= 4 is 17.8 Å². The molecule has 1 aliphatic rings. The zero-order valence-electron chi connectivity index (χ0n) is 17.1. The first kappa shape index (κ1) is 22.8. The van der Waals surface area contributed by atoms with Crippen molar-refractivity contribution in [2.45, 2.75) is 64.5 Å². The van der Waals surface area contributed by atoms with E-state index in [1.54, 1.807) is 38.4 Å². The van der Waals surface area contributed by atoms with Crippen LogP contribution < -0.4 is 11.1 Å². The summed E-state index contributed by atoms with van der Waals surface area (Å²) in [6, 6.07) is 1.56. The maximum Gasteiger partial charge on any atom is 0.348 e. The normalized spacial score (nSPS) is 31.9. The molecule has 1 aromatic rings. The number of ether oxygens (including phenoxy) is 2. The average molecular weight is 407 g/mol. The minimum absolute atomic E-state index is 0.229. The Morgan fingerprint density at radius 1 is 1.21 bits per heavy atom. The number of pyridine rings is 1. The van der Waals surface area contributed by atoms with Crippen molar-refractivity contribution in [2.24, 2.45) is 17.6 Å². The summed E-state index contributed by atoms with van der Waals surface area (Å²) in [4.78, 5) is 41.7. The summed E-state index contributed by atoms with van der Waals surface area (Å²) >= 11 is 0. The van der Waals surface area contributed by atoms with Crippen LogP contribution in [0.4, 0.5) is 0 Å². The number of hydrogen-bond donors (Lipinski definition) is 3. The Kier molecular flexibility index (Phi) is 7.69. The van der Waals surface area contributed by atoms with Gasteiger partial charge in [0.05, 0.1) is 18.1 Å². The molecule has 1 aromatic heterocycles. The third-order valence-corrected chi connectivity index (χ3v) is 4.99. The van der Waals surface area contributed by atoms with Crippen LogP contribution in [-0.2, 0) is 30.3 Å². The maximum atomic E-state index is 12.6. The highest BCUT2D eigenvalue weighted by atomic mass is 16.6. The van der Waals surface area contributed by atoms with Crippen molar-refractivity contribution < 1.29 is 29.0 Å². The van der Waals surface area contributed by atoms with Crippen LogP contribution in [0.3, 0.4) is 0 Å². The fourth-order valence-electron chi connectivity index (χ4n) is 3.02. The number of hydrogen-bond acceptors (Lipinski definition) is 8. The summed E-state index contributed by atoms with van der Waals surface area (Å²) in [7, 11) is 0. The lowest BCUT2D eigenvalue weighted by Crippen LogP contribution is -2.57. The summed E-state index contributed by atoms with van der Waals surface area (Å²) in [6.45, 7) is 6.37. The van der Waals surface area contributed by atoms with Crippen molar-refractivity contribution in [3.05, 3.63) is 30.1 Å². The van der Waals surface area contributed by atoms with Gasteiger partial charge >= 0.3 is 11.9 Å². The molecule has 0 aromatic carbocycles. The molecule has 0 aliphatic carbocycles. The maximum absolute atomic E-state index is 12.6. The molecule has 2 heterocycles. The van der Waals surface area contributed by atoms with Gasteiger partial charge < -0.3 is 25.6 Å². The Bertz CT molecular complexity index is 726. The van der Waals surface area contributed by atoms with Gasteiger partial charge in [-0.15, -0.1) is 0 Å². The highest BCUT2D eigenvalue weighted by Gasteiger charge is 2.39. The van der Waals surface area contributed by atoms with Gasteiger partial charge in [-0.1, -0.05) is 19.9 Å². The number of aliphatic hydroxyl groups is 1. The van der Waals surface area contributed by atoms with Crippen molar-refractivity contribution in [3.8, 4) is 0 Å². The lowest BCUT2D eigenvalue weighted by molar-refractivity contribution is -0.180. The lowest BCUT2D eigenvalue weighted by atomic mass is 9.92. The molecule has 1 saturated heterocycles. The van der Waals surface area contributed by atoms with E-state index < -0.39 is 54.2 Å². The zero-order chi connectivity index (χ0) is 21.7. The monoisotopic (exact) mass is 407 g/mol. The van der Waals surface area contributed by atoms with E-state index >= 15 is 0 Å². The number of carbonyl (C=O) groups is 3. The molecule has 2 rings (SSSR count). The SMILES string of the molecule is CC(C)[C@@H]1OC(=O)[C@H](C)[C@H](O)[C@H](Cc2cccnc2)NC(=O)[C@@H](N)[C@@H](C)OC1=O. The highest BCUT2D eigenvalue weighted by Crippen LogP contribution is 2.19. The first-order chi connectivity index (χ1) is 13.6. The first-order valence-corrected chi connectivity index (χ1v) is 9.65. The van der Waals surface area contributed by atoms with Crippen molar-refractivity contribution in [3.63, 3.8) is 0 Å². The topological polar surface area (TPSA) is 141 Å². The van der Waals surface area contributed by atoms with Crippen LogP contribution >= 0.6 is 0 Å². The molecule has 0 bridgehead atoms. The van der Waals surface area contributed by atoms with E-state index in [9.17, 15) is 19.5 Å². The smallest absolute Gasteiger partial charge is 0.348 e. The van der Waals surface area contributed by atoms with E-state index in [1.807, 2.05) is 0 Å². The summed E-state index contributed by atoms with van der Waals surface area (Å²) in [5.74, 6) is -3.49. The standard InChI is InChI=1S/C20H29N3O6/c1-10(2)17-20(27)28-12(4)15(21)18(25)23-14(8-13-6-5-7-22-9-13)16(24)11(3)19(26)29-17/h5-7,9-12,14-17,24H,8,21H2,1-4H3,(H,23,25)/t11-,12-,14+,15+,16+,17+/m1/s1. The molecule has 29 heavy (non-hydrogen) atoms. The predicted molar refractivity (Wildman–Crippen MR) is 103 cm³/mol. The number of amides is 1. The lowest BCUT2D eigenvalue weighted by Gasteiger charge is -2.32. The molecule has 9 heteroatoms. The Hall–Kier alpha value is -2.52. The third-order valence-electron chi connectivity index (χ3n) is 4.99. The quantitative estimate of drug-likeness (QED) is 0.592.